The minimum Gasteiger partial charge on any atom is -1.00 e. The van der Waals surface area contributed by atoms with E-state index in [9.17, 15) is 21.0 Å². The van der Waals surface area contributed by atoms with Crippen LogP contribution in [0.4, 0.5) is 21.0 Å². The molecular weight excluding hydrogens is 391 g/mol. The van der Waals surface area contributed by atoms with E-state index in [2.05, 4.69) is 19.8 Å². The van der Waals surface area contributed by atoms with Gasteiger partial charge in [0.15, 0.2) is 0 Å². The van der Waals surface area contributed by atoms with Gasteiger partial charge in [0, 0.05) is 26.2 Å². The van der Waals surface area contributed by atoms with Crippen molar-refractivity contribution in [2.75, 3.05) is 39.4 Å². The van der Waals surface area contributed by atoms with E-state index in [-0.39, 0.29) is 16.9 Å². The van der Waals surface area contributed by atoms with Gasteiger partial charge in [0.25, 0.3) is 6.35 Å². The number of likely N-dealkylation sites (tertiary alicyclic amines) is 1. The van der Waals surface area contributed by atoms with Crippen molar-refractivity contribution in [3.63, 3.8) is 0 Å². The number of amidine groups is 1. The smallest absolute Gasteiger partial charge is 0.392 e. The van der Waals surface area contributed by atoms with Crippen molar-refractivity contribution in [2.45, 2.75) is 19.2 Å². The molecular formula is C12H17F6N5O2P-. The van der Waals surface area contributed by atoms with Gasteiger partial charge >= 0.3 is 35.0 Å². The minimum absolute atomic E-state index is 0. The van der Waals surface area contributed by atoms with E-state index >= 15 is 0 Å². The molecule has 14 heteroatoms. The summed E-state index contributed by atoms with van der Waals surface area (Å²) in [7, 11) is -8.55. The molecule has 0 spiro atoms. The molecule has 0 aromatic rings. The molecule has 0 bridgehead atoms. The molecule has 2 aliphatic heterocycles. The summed E-state index contributed by atoms with van der Waals surface area (Å²) in [5.41, 5.74) is 0. The summed E-state index contributed by atoms with van der Waals surface area (Å²) < 4.78 is 54.5. The van der Waals surface area contributed by atoms with Crippen LogP contribution in [0.5, 0.6) is 0 Å². The van der Waals surface area contributed by atoms with Crippen molar-refractivity contribution in [1.29, 1.82) is 5.26 Å². The van der Waals surface area contributed by atoms with Crippen molar-refractivity contribution in [3.05, 3.63) is 11.4 Å². The van der Waals surface area contributed by atoms with Gasteiger partial charge < -0.3 is 14.3 Å². The summed E-state index contributed by atoms with van der Waals surface area (Å²) in [5.74, 6) is -0.266. The Balaban J connectivity index is 0.000000777. The number of halogens is 6. The van der Waals surface area contributed by atoms with Gasteiger partial charge in [0.2, 0.25) is 0 Å². The standard InChI is InChI=1S/C12H17N5O2.F5P.FH/c1-14-11(10-13)15-19-12(16-4-2-3-5-16)17-6-8-18-9-7-17;1-6(2,3,4)5;/h12H,2-9H2;;1H/p-1. The molecule has 0 N–H and O–H groups in total. The van der Waals surface area contributed by atoms with E-state index in [1.807, 2.05) is 0 Å². The second-order valence-electron chi connectivity index (χ2n) is 5.10. The SMILES string of the molecule is FP(F)(F)(F)F.[C-]#[N+]C(C#N)=NOC(N1CCCC1)N1CCOCC1.[F-]. The van der Waals surface area contributed by atoms with Crippen LogP contribution < -0.4 is 4.70 Å². The molecule has 0 aromatic heterocycles. The van der Waals surface area contributed by atoms with E-state index in [1.54, 1.807) is 6.07 Å². The van der Waals surface area contributed by atoms with Crippen molar-refractivity contribution in [2.24, 2.45) is 5.16 Å². The van der Waals surface area contributed by atoms with Gasteiger partial charge in [0.05, 0.1) is 18.4 Å². The fourth-order valence-electron chi connectivity index (χ4n) is 2.29. The largest absolute Gasteiger partial charge is 1.00 e. The fraction of sp³-hybridized carbons (Fsp3) is 0.750. The van der Waals surface area contributed by atoms with E-state index in [4.69, 9.17) is 21.4 Å². The first-order valence-corrected chi connectivity index (χ1v) is 8.96. The second kappa shape index (κ2) is 10.5. The average Bonchev–Trinajstić information content (AvgIpc) is 3.04. The number of nitriles is 1. The third-order valence-corrected chi connectivity index (χ3v) is 3.25. The zero-order valence-electron chi connectivity index (χ0n) is 13.5. The Kier molecular flexibility index (Phi) is 9.81. The van der Waals surface area contributed by atoms with Gasteiger partial charge in [-0.2, -0.15) is 0 Å². The van der Waals surface area contributed by atoms with Crippen LogP contribution >= 0.6 is 8.16 Å². The van der Waals surface area contributed by atoms with Crippen LogP contribution in [0.15, 0.2) is 5.16 Å². The Bertz CT molecular complexity index is 514. The summed E-state index contributed by atoms with van der Waals surface area (Å²) in [6, 6.07) is 1.71. The zero-order valence-corrected chi connectivity index (χ0v) is 14.4. The second-order valence-corrected chi connectivity index (χ2v) is 6.38. The third-order valence-electron chi connectivity index (χ3n) is 3.25. The monoisotopic (exact) mass is 408 g/mol. The molecule has 2 heterocycles. The fourth-order valence-corrected chi connectivity index (χ4v) is 2.29. The summed E-state index contributed by atoms with van der Waals surface area (Å²) in [4.78, 5) is 12.8. The molecule has 26 heavy (non-hydrogen) atoms. The van der Waals surface area contributed by atoms with E-state index in [1.165, 1.54) is 0 Å². The van der Waals surface area contributed by atoms with E-state index < -0.39 is 8.16 Å². The number of ether oxygens (including phenoxy) is 1. The molecule has 2 rings (SSSR count). The molecule has 0 saturated carbocycles. The van der Waals surface area contributed by atoms with Crippen molar-refractivity contribution in [3.8, 4) is 6.07 Å². The molecule has 1 unspecified atom stereocenters. The van der Waals surface area contributed by atoms with Crippen LogP contribution in [0.3, 0.4) is 0 Å². The quantitative estimate of drug-likeness (QED) is 0.169. The van der Waals surface area contributed by atoms with Crippen LogP contribution in [0, 0.1) is 17.9 Å². The molecule has 2 saturated heterocycles. The first kappa shape index (κ1) is 24.3. The molecule has 0 amide bonds. The maximum atomic E-state index is 9.84. The Labute approximate surface area is 146 Å². The number of rotatable bonds is 4. The Morgan fingerprint density at radius 3 is 2.00 bits per heavy atom. The van der Waals surface area contributed by atoms with Gasteiger partial charge in [-0.05, 0) is 12.8 Å². The molecule has 0 aromatic carbocycles. The van der Waals surface area contributed by atoms with Gasteiger partial charge in [-0.15, -0.1) is 0 Å². The van der Waals surface area contributed by atoms with Crippen molar-refractivity contribution < 1.29 is 35.3 Å². The molecule has 2 aliphatic rings. The molecule has 0 aliphatic carbocycles. The normalized spacial score (nSPS) is 21.7. The van der Waals surface area contributed by atoms with Crippen molar-refractivity contribution >= 4 is 14.0 Å². The van der Waals surface area contributed by atoms with Crippen molar-refractivity contribution in [1.82, 2.24) is 9.80 Å². The molecule has 0 radical (unpaired) electrons. The number of hydrogen-bond donors (Lipinski definition) is 0. The third kappa shape index (κ3) is 11.1. The predicted octanol–water partition coefficient (Wildman–Crippen LogP) is 0.437. The average molecular weight is 408 g/mol. The number of nitrogens with zero attached hydrogens (tertiary/aromatic N) is 5. The van der Waals surface area contributed by atoms with Crippen LogP contribution in [0.1, 0.15) is 12.8 Å². The first-order valence-electron chi connectivity index (χ1n) is 7.27. The molecule has 2 fully saturated rings. The first-order chi connectivity index (χ1) is 11.6. The van der Waals surface area contributed by atoms with Gasteiger partial charge in [-0.3, -0.25) is 9.74 Å². The molecule has 150 valence electrons. The number of oxime groups is 1. The Morgan fingerprint density at radius 1 is 1.12 bits per heavy atom. The topological polar surface area (TPSA) is 65.5 Å². The molecule has 7 nitrogen and oxygen atoms in total. The predicted molar refractivity (Wildman–Crippen MR) is 80.2 cm³/mol. The van der Waals surface area contributed by atoms with Gasteiger partial charge in [-0.25, -0.2) is 10.2 Å². The Hall–Kier alpha value is -1.66. The zero-order chi connectivity index (χ0) is 18.9. The van der Waals surface area contributed by atoms with Gasteiger partial charge in [0.1, 0.15) is 6.07 Å². The maximum absolute atomic E-state index is 9.84. The summed E-state index contributed by atoms with van der Waals surface area (Å²) in [6.45, 7) is 11.6. The molecule has 1 atom stereocenters. The van der Waals surface area contributed by atoms with E-state index in [0.29, 0.717) is 13.2 Å². The summed E-state index contributed by atoms with van der Waals surface area (Å²) in [6.07, 6.45) is 1.99. The summed E-state index contributed by atoms with van der Waals surface area (Å²) in [5, 5.41) is 12.4. The van der Waals surface area contributed by atoms with Crippen LogP contribution in [-0.2, 0) is 9.57 Å². The summed E-state index contributed by atoms with van der Waals surface area (Å²) >= 11 is 0. The van der Waals surface area contributed by atoms with Crippen LogP contribution in [-0.4, -0.2) is 61.4 Å². The number of hydrogen-bond acceptors (Lipinski definition) is 6. The Morgan fingerprint density at radius 2 is 1.58 bits per heavy atom. The van der Waals surface area contributed by atoms with Crippen LogP contribution in [0.25, 0.3) is 4.85 Å². The van der Waals surface area contributed by atoms with E-state index in [0.717, 1.165) is 39.0 Å². The minimum atomic E-state index is -8.55. The number of morpholine rings is 1. The van der Waals surface area contributed by atoms with Gasteiger partial charge in [-0.1, -0.05) is 6.57 Å². The van der Waals surface area contributed by atoms with Crippen LogP contribution in [0.2, 0.25) is 0 Å². The maximum Gasteiger partial charge on any atom is 0.392 e.